The van der Waals surface area contributed by atoms with Crippen molar-refractivity contribution in [3.8, 4) is 0 Å². The average molecular weight is 252 g/mol. The lowest BCUT2D eigenvalue weighted by molar-refractivity contribution is -0.128. The molecule has 0 radical (unpaired) electrons. The van der Waals surface area contributed by atoms with Crippen molar-refractivity contribution in [1.82, 2.24) is 10.2 Å². The molecule has 1 aromatic carbocycles. The molecule has 1 rings (SSSR count). The Morgan fingerprint density at radius 1 is 1.39 bits per heavy atom. The van der Waals surface area contributed by atoms with Gasteiger partial charge in [-0.1, -0.05) is 12.1 Å². The van der Waals surface area contributed by atoms with Gasteiger partial charge in [-0.15, -0.1) is 0 Å². The molecule has 1 N–H and O–H groups in total. The van der Waals surface area contributed by atoms with E-state index in [4.69, 9.17) is 0 Å². The molecule has 0 spiro atoms. The molecule has 0 aliphatic carbocycles. The van der Waals surface area contributed by atoms with E-state index in [9.17, 15) is 14.0 Å². The highest BCUT2D eigenvalue weighted by molar-refractivity contribution is 5.96. The Kier molecular flexibility index (Phi) is 4.83. The van der Waals surface area contributed by atoms with E-state index >= 15 is 0 Å². The molecule has 0 aromatic heterocycles. The van der Waals surface area contributed by atoms with Crippen molar-refractivity contribution in [2.75, 3.05) is 20.1 Å². The maximum Gasteiger partial charge on any atom is 0.254 e. The molecular formula is C13H17FN2O2. The van der Waals surface area contributed by atoms with E-state index in [0.717, 1.165) is 0 Å². The van der Waals surface area contributed by atoms with E-state index in [1.54, 1.807) is 26.1 Å². The summed E-state index contributed by atoms with van der Waals surface area (Å²) >= 11 is 0. The summed E-state index contributed by atoms with van der Waals surface area (Å²) in [5.74, 6) is -1.33. The zero-order valence-electron chi connectivity index (χ0n) is 10.8. The highest BCUT2D eigenvalue weighted by Gasteiger charge is 2.14. The number of hydrogen-bond donors (Lipinski definition) is 1. The first-order valence-electron chi connectivity index (χ1n) is 5.74. The number of likely N-dealkylation sites (N-methyl/N-ethyl adjacent to an activating group) is 1. The molecular weight excluding hydrogens is 235 g/mol. The predicted molar refractivity (Wildman–Crippen MR) is 66.8 cm³/mol. The Labute approximate surface area is 106 Å². The molecule has 0 aliphatic rings. The van der Waals surface area contributed by atoms with Crippen LogP contribution in [0.1, 0.15) is 22.8 Å². The second-order valence-electron chi connectivity index (χ2n) is 4.03. The lowest BCUT2D eigenvalue weighted by atomic mass is 10.1. The molecule has 0 atom stereocenters. The number of carbonyl (C=O) groups excluding carboxylic acids is 2. The Balaban J connectivity index is 2.67. The summed E-state index contributed by atoms with van der Waals surface area (Å²) in [7, 11) is 1.64. The van der Waals surface area contributed by atoms with Crippen LogP contribution >= 0.6 is 0 Å². The van der Waals surface area contributed by atoms with Gasteiger partial charge < -0.3 is 10.2 Å². The molecule has 0 unspecified atom stereocenters. The summed E-state index contributed by atoms with van der Waals surface area (Å²) in [6, 6.07) is 4.58. The van der Waals surface area contributed by atoms with Crippen molar-refractivity contribution >= 4 is 11.8 Å². The van der Waals surface area contributed by atoms with Crippen LogP contribution in [0.25, 0.3) is 0 Å². The highest BCUT2D eigenvalue weighted by atomic mass is 19.1. The Hall–Kier alpha value is -1.91. The van der Waals surface area contributed by atoms with Crippen LogP contribution < -0.4 is 5.32 Å². The van der Waals surface area contributed by atoms with E-state index in [1.165, 1.54) is 11.0 Å². The van der Waals surface area contributed by atoms with Crippen LogP contribution in [0.4, 0.5) is 4.39 Å². The fourth-order valence-corrected chi connectivity index (χ4v) is 1.39. The largest absolute Gasteiger partial charge is 0.345 e. The molecule has 0 fully saturated rings. The summed E-state index contributed by atoms with van der Waals surface area (Å²) < 4.78 is 13.6. The van der Waals surface area contributed by atoms with Gasteiger partial charge in [0.25, 0.3) is 5.91 Å². The van der Waals surface area contributed by atoms with Crippen LogP contribution in [-0.4, -0.2) is 36.9 Å². The first kappa shape index (κ1) is 14.2. The fourth-order valence-electron chi connectivity index (χ4n) is 1.39. The molecule has 0 saturated carbocycles. The molecule has 98 valence electrons. The molecule has 0 aliphatic heterocycles. The van der Waals surface area contributed by atoms with E-state index in [-0.39, 0.29) is 18.0 Å². The van der Waals surface area contributed by atoms with Crippen LogP contribution in [0.15, 0.2) is 18.2 Å². The maximum atomic E-state index is 13.6. The minimum atomic E-state index is -0.575. The molecule has 18 heavy (non-hydrogen) atoms. The van der Waals surface area contributed by atoms with Gasteiger partial charge in [0.2, 0.25) is 5.91 Å². The molecule has 0 saturated heterocycles. The van der Waals surface area contributed by atoms with E-state index in [0.29, 0.717) is 12.1 Å². The molecule has 5 heteroatoms. The smallest absolute Gasteiger partial charge is 0.254 e. The first-order valence-corrected chi connectivity index (χ1v) is 5.74. The highest BCUT2D eigenvalue weighted by Crippen LogP contribution is 2.11. The summed E-state index contributed by atoms with van der Waals surface area (Å²) in [5.41, 5.74) is 0.363. The number of halogens is 1. The van der Waals surface area contributed by atoms with Crippen LogP contribution in [0.5, 0.6) is 0 Å². The molecule has 4 nitrogen and oxygen atoms in total. The number of benzene rings is 1. The minimum Gasteiger partial charge on any atom is -0.345 e. The number of amides is 2. The number of carbonyl (C=O) groups is 2. The van der Waals surface area contributed by atoms with Gasteiger partial charge in [-0.05, 0) is 25.5 Å². The summed E-state index contributed by atoms with van der Waals surface area (Å²) in [6.07, 6.45) is 0. The predicted octanol–water partition coefficient (Wildman–Crippen LogP) is 1.34. The number of rotatable bonds is 4. The third kappa shape index (κ3) is 3.29. The van der Waals surface area contributed by atoms with Gasteiger partial charge in [0.05, 0.1) is 12.1 Å². The number of nitrogens with zero attached hydrogens (tertiary/aromatic N) is 1. The van der Waals surface area contributed by atoms with Gasteiger partial charge in [-0.2, -0.15) is 0 Å². The third-order valence-electron chi connectivity index (χ3n) is 2.74. The van der Waals surface area contributed by atoms with Gasteiger partial charge in [-0.3, -0.25) is 9.59 Å². The Morgan fingerprint density at radius 3 is 2.67 bits per heavy atom. The van der Waals surface area contributed by atoms with Crippen LogP contribution in [-0.2, 0) is 4.79 Å². The Morgan fingerprint density at radius 2 is 2.06 bits per heavy atom. The van der Waals surface area contributed by atoms with Gasteiger partial charge >= 0.3 is 0 Å². The monoisotopic (exact) mass is 252 g/mol. The zero-order chi connectivity index (χ0) is 13.7. The maximum absolute atomic E-state index is 13.6. The normalized spacial score (nSPS) is 10.0. The quantitative estimate of drug-likeness (QED) is 0.879. The van der Waals surface area contributed by atoms with E-state index in [2.05, 4.69) is 5.32 Å². The number of nitrogens with one attached hydrogen (secondary N) is 1. The van der Waals surface area contributed by atoms with Crippen molar-refractivity contribution < 1.29 is 14.0 Å². The first-order chi connectivity index (χ1) is 8.47. The molecule has 0 bridgehead atoms. The third-order valence-corrected chi connectivity index (χ3v) is 2.74. The summed E-state index contributed by atoms with van der Waals surface area (Å²) in [5, 5.41) is 2.41. The zero-order valence-corrected chi connectivity index (χ0v) is 10.8. The topological polar surface area (TPSA) is 49.4 Å². The van der Waals surface area contributed by atoms with Crippen LogP contribution in [0, 0.1) is 12.7 Å². The molecule has 0 heterocycles. The van der Waals surface area contributed by atoms with Crippen molar-refractivity contribution in [1.29, 1.82) is 0 Å². The van der Waals surface area contributed by atoms with E-state index < -0.39 is 11.7 Å². The van der Waals surface area contributed by atoms with Gasteiger partial charge in [0.15, 0.2) is 0 Å². The second kappa shape index (κ2) is 6.14. The lowest BCUT2D eigenvalue weighted by Crippen LogP contribution is -2.38. The number of hydrogen-bond acceptors (Lipinski definition) is 2. The minimum absolute atomic E-state index is 0.0399. The summed E-state index contributed by atoms with van der Waals surface area (Å²) in [4.78, 5) is 24.7. The average Bonchev–Trinajstić information content (AvgIpc) is 2.37. The molecule has 1 aromatic rings. The van der Waals surface area contributed by atoms with Gasteiger partial charge in [0, 0.05) is 13.6 Å². The van der Waals surface area contributed by atoms with Crippen LogP contribution in [0.2, 0.25) is 0 Å². The van der Waals surface area contributed by atoms with Gasteiger partial charge in [-0.25, -0.2) is 4.39 Å². The number of aryl methyl sites for hydroxylation is 1. The summed E-state index contributed by atoms with van der Waals surface area (Å²) in [6.45, 7) is 3.85. The fraction of sp³-hybridized carbons (Fsp3) is 0.385. The van der Waals surface area contributed by atoms with Gasteiger partial charge in [0.1, 0.15) is 5.82 Å². The van der Waals surface area contributed by atoms with Crippen molar-refractivity contribution in [3.63, 3.8) is 0 Å². The van der Waals surface area contributed by atoms with Crippen molar-refractivity contribution in [2.45, 2.75) is 13.8 Å². The standard InChI is InChI=1S/C13H17FN2O2/c1-4-16(3)11(17)8-15-13(18)10-7-5-6-9(2)12(10)14/h5-7H,4,8H2,1-3H3,(H,15,18). The lowest BCUT2D eigenvalue weighted by Gasteiger charge is -2.14. The molecule has 2 amide bonds. The van der Waals surface area contributed by atoms with Crippen molar-refractivity contribution in [2.24, 2.45) is 0 Å². The SMILES string of the molecule is CCN(C)C(=O)CNC(=O)c1cccc(C)c1F. The van der Waals surface area contributed by atoms with Crippen LogP contribution in [0.3, 0.4) is 0 Å². The van der Waals surface area contributed by atoms with E-state index in [1.807, 2.05) is 6.92 Å². The second-order valence-corrected chi connectivity index (χ2v) is 4.03. The van der Waals surface area contributed by atoms with Crippen molar-refractivity contribution in [3.05, 3.63) is 35.1 Å². The Bertz CT molecular complexity index is 460.